The number of aromatic hydroxyl groups is 1. The second-order valence-electron chi connectivity index (χ2n) is 10.9. The normalized spacial score (nSPS) is 11.1. The third-order valence-electron chi connectivity index (χ3n) is 7.18. The molecule has 4 N–H and O–H groups in total. The van der Waals surface area contributed by atoms with Gasteiger partial charge in [-0.1, -0.05) is 48.5 Å². The number of aromatic carboxylic acids is 1. The van der Waals surface area contributed by atoms with Crippen LogP contribution in [-0.2, 0) is 22.4 Å². The highest BCUT2D eigenvalue weighted by Gasteiger charge is 2.18. The van der Waals surface area contributed by atoms with Crippen molar-refractivity contribution in [2.75, 3.05) is 10.0 Å². The highest BCUT2D eigenvalue weighted by molar-refractivity contribution is 7.91. The van der Waals surface area contributed by atoms with Crippen molar-refractivity contribution in [3.63, 3.8) is 0 Å². The van der Waals surface area contributed by atoms with E-state index in [4.69, 9.17) is 4.74 Å². The number of aryl methyl sites for hydroxylation is 2. The smallest absolute Gasteiger partial charge is 0.335 e. The van der Waals surface area contributed by atoms with Gasteiger partial charge in [-0.15, -0.1) is 0 Å². The van der Waals surface area contributed by atoms with E-state index < -0.39 is 21.7 Å². The molecule has 5 rings (SSSR count). The monoisotopic (exact) mass is 636 g/mol. The van der Waals surface area contributed by atoms with Gasteiger partial charge in [-0.25, -0.2) is 13.2 Å². The molecule has 0 aliphatic heterocycles. The summed E-state index contributed by atoms with van der Waals surface area (Å²) in [5.41, 5.74) is 5.78. The van der Waals surface area contributed by atoms with Gasteiger partial charge in [0.1, 0.15) is 18.1 Å². The van der Waals surface area contributed by atoms with E-state index in [9.17, 15) is 28.2 Å². The van der Waals surface area contributed by atoms with Crippen LogP contribution in [0.5, 0.6) is 11.5 Å². The number of amides is 1. The summed E-state index contributed by atoms with van der Waals surface area (Å²) in [6, 6.07) is 30.6. The fourth-order valence-corrected chi connectivity index (χ4v) is 6.21. The van der Waals surface area contributed by atoms with Gasteiger partial charge < -0.3 is 20.3 Å². The summed E-state index contributed by atoms with van der Waals surface area (Å²) in [6.45, 7) is 3.87. The topological polar surface area (TPSA) is 142 Å². The summed E-state index contributed by atoms with van der Waals surface area (Å²) >= 11 is 0. The Bertz CT molecular complexity index is 2010. The highest BCUT2D eigenvalue weighted by Crippen LogP contribution is 2.26. The first-order valence-corrected chi connectivity index (χ1v) is 16.0. The van der Waals surface area contributed by atoms with Crippen LogP contribution in [0.15, 0.2) is 109 Å². The fourth-order valence-electron chi connectivity index (χ4n) is 5.00. The predicted octanol–water partition coefficient (Wildman–Crippen LogP) is 7.15. The predicted molar refractivity (Wildman–Crippen MR) is 178 cm³/mol. The van der Waals surface area contributed by atoms with Crippen molar-refractivity contribution in [2.24, 2.45) is 0 Å². The molecule has 0 heterocycles. The summed E-state index contributed by atoms with van der Waals surface area (Å²) < 4.78 is 34.4. The second kappa shape index (κ2) is 13.6. The van der Waals surface area contributed by atoms with Gasteiger partial charge in [0.05, 0.1) is 11.3 Å². The van der Waals surface area contributed by atoms with E-state index in [0.29, 0.717) is 22.7 Å². The quantitative estimate of drug-likeness (QED) is 0.121. The van der Waals surface area contributed by atoms with Crippen molar-refractivity contribution >= 4 is 33.3 Å². The first-order valence-electron chi connectivity index (χ1n) is 14.3. The van der Waals surface area contributed by atoms with E-state index in [1.165, 1.54) is 12.1 Å². The number of carboxylic acids is 1. The van der Waals surface area contributed by atoms with E-state index in [-0.39, 0.29) is 29.4 Å². The second-order valence-corrected chi connectivity index (χ2v) is 12.6. The molecule has 234 valence electrons. The Morgan fingerprint density at radius 2 is 1.46 bits per heavy atom. The van der Waals surface area contributed by atoms with Crippen molar-refractivity contribution in [3.8, 4) is 22.6 Å². The molecule has 0 radical (unpaired) electrons. The summed E-state index contributed by atoms with van der Waals surface area (Å²) in [5, 5.41) is 21.8. The van der Waals surface area contributed by atoms with Gasteiger partial charge >= 0.3 is 5.97 Å². The Hall–Kier alpha value is -5.61. The maximum Gasteiger partial charge on any atom is 0.335 e. The first kappa shape index (κ1) is 31.8. The Kier molecular flexibility index (Phi) is 9.39. The SMILES string of the molecule is Cc1cc(COc2ccc(NC(=O)c3ccc(-c4ccc(O)cc4)cc3)cc2C)cc(NS(=O)(=O)Cc2ccccc2C(=O)O)c1. The number of sulfonamides is 1. The van der Waals surface area contributed by atoms with Gasteiger partial charge in [-0.2, -0.15) is 0 Å². The van der Waals surface area contributed by atoms with Crippen molar-refractivity contribution in [1.29, 1.82) is 0 Å². The molecule has 1 amide bonds. The van der Waals surface area contributed by atoms with Gasteiger partial charge in [0.15, 0.2) is 0 Å². The van der Waals surface area contributed by atoms with Crippen LogP contribution in [-0.4, -0.2) is 30.5 Å². The minimum absolute atomic E-state index is 0.0622. The van der Waals surface area contributed by atoms with Gasteiger partial charge in [-0.05, 0) is 108 Å². The largest absolute Gasteiger partial charge is 0.508 e. The van der Waals surface area contributed by atoms with E-state index in [1.807, 2.05) is 50.2 Å². The van der Waals surface area contributed by atoms with Crippen LogP contribution in [0.2, 0.25) is 0 Å². The van der Waals surface area contributed by atoms with Crippen LogP contribution in [0.4, 0.5) is 11.4 Å². The number of anilines is 2. The lowest BCUT2D eigenvalue weighted by Crippen LogP contribution is -2.17. The average molecular weight is 637 g/mol. The number of benzene rings is 5. The molecule has 0 fully saturated rings. The number of phenolic OH excluding ortho intramolecular Hbond substituents is 1. The molecule has 0 unspecified atom stereocenters. The number of hydrogen-bond donors (Lipinski definition) is 4. The number of carbonyl (C=O) groups is 2. The first-order chi connectivity index (χ1) is 22.0. The number of ether oxygens (including phenoxy) is 1. The van der Waals surface area contributed by atoms with E-state index >= 15 is 0 Å². The molecular formula is C36H32N2O7S. The van der Waals surface area contributed by atoms with Gasteiger partial charge in [-0.3, -0.25) is 9.52 Å². The fraction of sp³-hybridized carbons (Fsp3) is 0.111. The molecule has 5 aromatic rings. The average Bonchev–Trinajstić information content (AvgIpc) is 3.00. The molecule has 0 saturated carbocycles. The van der Waals surface area contributed by atoms with Gasteiger partial charge in [0.2, 0.25) is 10.0 Å². The molecule has 0 aromatic heterocycles. The number of carbonyl (C=O) groups excluding carboxylic acids is 1. The maximum atomic E-state index is 12.9. The maximum absolute atomic E-state index is 12.9. The van der Waals surface area contributed by atoms with Crippen LogP contribution in [0.3, 0.4) is 0 Å². The Labute approximate surface area is 267 Å². The van der Waals surface area contributed by atoms with E-state index in [0.717, 1.165) is 27.8 Å². The minimum Gasteiger partial charge on any atom is -0.508 e. The lowest BCUT2D eigenvalue weighted by atomic mass is 10.0. The third kappa shape index (κ3) is 8.10. The third-order valence-corrected chi connectivity index (χ3v) is 8.42. The van der Waals surface area contributed by atoms with Crippen molar-refractivity contribution < 1.29 is 33.0 Å². The van der Waals surface area contributed by atoms with Gasteiger partial charge in [0.25, 0.3) is 5.91 Å². The number of nitrogens with one attached hydrogen (secondary N) is 2. The van der Waals surface area contributed by atoms with E-state index in [2.05, 4.69) is 10.0 Å². The van der Waals surface area contributed by atoms with Crippen molar-refractivity contribution in [3.05, 3.63) is 143 Å². The van der Waals surface area contributed by atoms with Gasteiger partial charge in [0, 0.05) is 16.9 Å². The lowest BCUT2D eigenvalue weighted by Gasteiger charge is -2.14. The molecule has 10 heteroatoms. The Morgan fingerprint density at radius 1 is 0.783 bits per heavy atom. The summed E-state index contributed by atoms with van der Waals surface area (Å²) in [6.07, 6.45) is 0. The number of hydrogen-bond acceptors (Lipinski definition) is 6. The molecule has 0 atom stereocenters. The zero-order valence-electron chi connectivity index (χ0n) is 25.2. The molecule has 0 aliphatic carbocycles. The van der Waals surface area contributed by atoms with Crippen molar-refractivity contribution in [1.82, 2.24) is 0 Å². The molecule has 0 bridgehead atoms. The standard InChI is InChI=1S/C36H32N2O7S/c1-23-17-25(20-31(18-23)38-46(43,44)22-29-5-3-4-6-33(29)36(41)42)21-45-34-16-13-30(19-24(34)2)37-35(40)28-9-7-26(8-10-28)27-11-14-32(39)15-12-27/h3-20,38-39H,21-22H2,1-2H3,(H,37,40)(H,41,42). The van der Waals surface area contributed by atoms with Crippen LogP contribution in [0, 0.1) is 13.8 Å². The van der Waals surface area contributed by atoms with Crippen molar-refractivity contribution in [2.45, 2.75) is 26.2 Å². The zero-order chi connectivity index (χ0) is 32.8. The molecule has 0 spiro atoms. The van der Waals surface area contributed by atoms with Crippen LogP contribution in [0.1, 0.15) is 43.0 Å². The summed E-state index contributed by atoms with van der Waals surface area (Å²) in [5.74, 6) is -1.14. The number of rotatable bonds is 11. The van der Waals surface area contributed by atoms with Crippen LogP contribution >= 0.6 is 0 Å². The summed E-state index contributed by atoms with van der Waals surface area (Å²) in [7, 11) is -3.90. The minimum atomic E-state index is -3.90. The molecule has 46 heavy (non-hydrogen) atoms. The molecule has 9 nitrogen and oxygen atoms in total. The number of phenols is 1. The molecule has 0 saturated heterocycles. The molecule has 0 aliphatic rings. The van der Waals surface area contributed by atoms with Crippen LogP contribution in [0.25, 0.3) is 11.1 Å². The van der Waals surface area contributed by atoms with Crippen LogP contribution < -0.4 is 14.8 Å². The lowest BCUT2D eigenvalue weighted by molar-refractivity contribution is 0.0695. The highest BCUT2D eigenvalue weighted by atomic mass is 32.2. The Morgan fingerprint density at radius 3 is 2.13 bits per heavy atom. The molecule has 5 aromatic carbocycles. The van der Waals surface area contributed by atoms with E-state index in [1.54, 1.807) is 60.7 Å². The zero-order valence-corrected chi connectivity index (χ0v) is 26.0. The Balaban J connectivity index is 1.20. The number of carboxylic acid groups (broad SMARTS) is 1. The summed E-state index contributed by atoms with van der Waals surface area (Å²) in [4.78, 5) is 24.4. The molecular weight excluding hydrogens is 604 g/mol.